The summed E-state index contributed by atoms with van der Waals surface area (Å²) in [6, 6.07) is 0. The van der Waals surface area contributed by atoms with Gasteiger partial charge in [-0.15, -0.1) is 0 Å². The van der Waals surface area contributed by atoms with Crippen LogP contribution in [-0.4, -0.2) is 29.5 Å². The molecule has 4 heteroatoms. The third kappa shape index (κ3) is 2.98. The lowest BCUT2D eigenvalue weighted by atomic mass is 9.94. The normalized spacial score (nSPS) is 25.8. The predicted molar refractivity (Wildman–Crippen MR) is 68.8 cm³/mol. The minimum Gasteiger partial charge on any atom is -0.368 e. The van der Waals surface area contributed by atoms with Crippen LogP contribution in [-0.2, 0) is 9.53 Å². The third-order valence-corrected chi connectivity index (χ3v) is 4.72. The number of carbonyl (C=O) groups is 1. The summed E-state index contributed by atoms with van der Waals surface area (Å²) in [5, 5.41) is 3.93. The Morgan fingerprint density at radius 3 is 2.50 bits per heavy atom. The molecule has 0 aromatic rings. The second kappa shape index (κ2) is 6.01. The fourth-order valence-electron chi connectivity index (χ4n) is 2.01. The van der Waals surface area contributed by atoms with Crippen LogP contribution in [0.25, 0.3) is 0 Å². The van der Waals surface area contributed by atoms with Gasteiger partial charge in [0, 0.05) is 17.5 Å². The predicted octanol–water partition coefficient (Wildman–Crippen LogP) is 2.48. The van der Waals surface area contributed by atoms with Crippen molar-refractivity contribution in [1.29, 1.82) is 0 Å². The number of hydrogen-bond donors (Lipinski definition) is 1. The first-order valence-corrected chi connectivity index (χ1v) is 7.20. The van der Waals surface area contributed by atoms with Crippen LogP contribution >= 0.6 is 15.9 Å². The Balaban J connectivity index is 2.61. The molecule has 1 amide bonds. The summed E-state index contributed by atoms with van der Waals surface area (Å²) in [5.41, 5.74) is -0.122. The van der Waals surface area contributed by atoms with Crippen molar-refractivity contribution in [1.82, 2.24) is 5.32 Å². The SMILES string of the molecule is CCC(CC)(CBr)NC(=O)C1OCCC1C. The highest BCUT2D eigenvalue weighted by Gasteiger charge is 2.35. The van der Waals surface area contributed by atoms with Gasteiger partial charge < -0.3 is 10.1 Å². The van der Waals surface area contributed by atoms with Crippen molar-refractivity contribution >= 4 is 21.8 Å². The Kier molecular flexibility index (Phi) is 5.25. The Labute approximate surface area is 106 Å². The number of hydrogen-bond acceptors (Lipinski definition) is 2. The van der Waals surface area contributed by atoms with Gasteiger partial charge in [-0.1, -0.05) is 36.7 Å². The Bertz CT molecular complexity index is 233. The van der Waals surface area contributed by atoms with Crippen molar-refractivity contribution in [2.45, 2.75) is 51.7 Å². The van der Waals surface area contributed by atoms with E-state index < -0.39 is 0 Å². The van der Waals surface area contributed by atoms with Crippen molar-refractivity contribution in [3.63, 3.8) is 0 Å². The third-order valence-electron chi connectivity index (χ3n) is 3.64. The molecule has 1 heterocycles. The van der Waals surface area contributed by atoms with E-state index in [1.165, 1.54) is 0 Å². The van der Waals surface area contributed by atoms with E-state index >= 15 is 0 Å². The van der Waals surface area contributed by atoms with Crippen LogP contribution in [0, 0.1) is 5.92 Å². The van der Waals surface area contributed by atoms with Crippen molar-refractivity contribution < 1.29 is 9.53 Å². The largest absolute Gasteiger partial charge is 0.368 e. The summed E-state index contributed by atoms with van der Waals surface area (Å²) in [6.07, 6.45) is 2.59. The maximum absolute atomic E-state index is 12.1. The molecule has 2 atom stereocenters. The van der Waals surface area contributed by atoms with Gasteiger partial charge in [-0.25, -0.2) is 0 Å². The number of halogens is 1. The van der Waals surface area contributed by atoms with Gasteiger partial charge in [0.2, 0.25) is 5.91 Å². The Morgan fingerprint density at radius 2 is 2.12 bits per heavy atom. The molecule has 1 aliphatic rings. The van der Waals surface area contributed by atoms with E-state index in [4.69, 9.17) is 4.74 Å². The summed E-state index contributed by atoms with van der Waals surface area (Å²) in [6.45, 7) is 6.98. The zero-order chi connectivity index (χ0) is 12.2. The van der Waals surface area contributed by atoms with Crippen molar-refractivity contribution in [3.05, 3.63) is 0 Å². The highest BCUT2D eigenvalue weighted by atomic mass is 79.9. The molecule has 0 aliphatic carbocycles. The lowest BCUT2D eigenvalue weighted by Crippen LogP contribution is -2.53. The second-order valence-corrected chi connectivity index (χ2v) is 5.23. The topological polar surface area (TPSA) is 38.3 Å². The van der Waals surface area contributed by atoms with Crippen LogP contribution in [0.1, 0.15) is 40.0 Å². The average Bonchev–Trinajstić information content (AvgIpc) is 2.72. The Hall–Kier alpha value is -0.0900. The summed E-state index contributed by atoms with van der Waals surface area (Å²) in [5.74, 6) is 0.384. The number of ether oxygens (including phenoxy) is 1. The highest BCUT2D eigenvalue weighted by molar-refractivity contribution is 9.09. The van der Waals surface area contributed by atoms with E-state index in [9.17, 15) is 4.79 Å². The lowest BCUT2D eigenvalue weighted by molar-refractivity contribution is -0.133. The van der Waals surface area contributed by atoms with Crippen molar-refractivity contribution in [2.24, 2.45) is 5.92 Å². The van der Waals surface area contributed by atoms with Gasteiger partial charge in [0.1, 0.15) is 6.10 Å². The molecule has 3 nitrogen and oxygen atoms in total. The maximum atomic E-state index is 12.1. The minimum absolute atomic E-state index is 0.0492. The molecule has 1 saturated heterocycles. The first-order valence-electron chi connectivity index (χ1n) is 6.08. The monoisotopic (exact) mass is 291 g/mol. The van der Waals surface area contributed by atoms with E-state index in [0.29, 0.717) is 12.5 Å². The number of alkyl halides is 1. The molecule has 1 N–H and O–H groups in total. The summed E-state index contributed by atoms with van der Waals surface area (Å²) < 4.78 is 5.48. The fraction of sp³-hybridized carbons (Fsp3) is 0.917. The van der Waals surface area contributed by atoms with Crippen molar-refractivity contribution in [3.8, 4) is 0 Å². The zero-order valence-corrected chi connectivity index (χ0v) is 12.0. The smallest absolute Gasteiger partial charge is 0.249 e. The molecule has 2 unspecified atom stereocenters. The molecular formula is C12H22BrNO2. The molecule has 0 saturated carbocycles. The molecule has 16 heavy (non-hydrogen) atoms. The molecule has 0 aromatic carbocycles. The van der Waals surface area contributed by atoms with E-state index in [1.807, 2.05) is 0 Å². The molecule has 1 fully saturated rings. The van der Waals surface area contributed by atoms with Crippen LogP contribution in [0.4, 0.5) is 0 Å². The van der Waals surface area contributed by atoms with Crippen LogP contribution in [0.3, 0.4) is 0 Å². The first-order chi connectivity index (χ1) is 7.58. The van der Waals surface area contributed by atoms with Gasteiger partial charge in [0.05, 0.1) is 0 Å². The van der Waals surface area contributed by atoms with Crippen LogP contribution in [0.15, 0.2) is 0 Å². The summed E-state index contributed by atoms with van der Waals surface area (Å²) in [4.78, 5) is 12.1. The van der Waals surface area contributed by atoms with E-state index in [0.717, 1.165) is 24.6 Å². The van der Waals surface area contributed by atoms with Gasteiger partial charge in [-0.2, -0.15) is 0 Å². The average molecular weight is 292 g/mol. The van der Waals surface area contributed by atoms with Gasteiger partial charge in [-0.05, 0) is 25.2 Å². The van der Waals surface area contributed by atoms with Gasteiger partial charge in [0.15, 0.2) is 0 Å². The van der Waals surface area contributed by atoms with E-state index in [-0.39, 0.29) is 17.6 Å². The molecule has 94 valence electrons. The molecule has 0 spiro atoms. The fourth-order valence-corrected chi connectivity index (χ4v) is 2.95. The minimum atomic E-state index is -0.253. The second-order valence-electron chi connectivity index (χ2n) is 4.67. The zero-order valence-electron chi connectivity index (χ0n) is 10.4. The maximum Gasteiger partial charge on any atom is 0.249 e. The number of carbonyl (C=O) groups excluding carboxylic acids is 1. The number of nitrogens with one attached hydrogen (secondary N) is 1. The van der Waals surface area contributed by atoms with Crippen LogP contribution in [0.2, 0.25) is 0 Å². The van der Waals surface area contributed by atoms with Crippen LogP contribution in [0.5, 0.6) is 0 Å². The molecular weight excluding hydrogens is 270 g/mol. The van der Waals surface area contributed by atoms with Gasteiger partial charge in [-0.3, -0.25) is 4.79 Å². The highest BCUT2D eigenvalue weighted by Crippen LogP contribution is 2.23. The molecule has 1 rings (SSSR count). The lowest BCUT2D eigenvalue weighted by Gasteiger charge is -2.32. The molecule has 0 bridgehead atoms. The first kappa shape index (κ1) is 14.0. The van der Waals surface area contributed by atoms with Gasteiger partial charge in [0.25, 0.3) is 0 Å². The van der Waals surface area contributed by atoms with E-state index in [1.54, 1.807) is 0 Å². The standard InChI is InChI=1S/C12H22BrNO2/c1-4-12(5-2,8-13)14-11(15)10-9(3)6-7-16-10/h9-10H,4-8H2,1-3H3,(H,14,15). The Morgan fingerprint density at radius 1 is 1.50 bits per heavy atom. The summed E-state index contributed by atoms with van der Waals surface area (Å²) >= 11 is 3.49. The molecule has 1 aliphatic heterocycles. The number of rotatable bonds is 5. The quantitative estimate of drug-likeness (QED) is 0.791. The molecule has 0 aromatic heterocycles. The van der Waals surface area contributed by atoms with Crippen LogP contribution < -0.4 is 5.32 Å². The summed E-state index contributed by atoms with van der Waals surface area (Å²) in [7, 11) is 0. The number of amides is 1. The molecule has 0 radical (unpaired) electrons. The van der Waals surface area contributed by atoms with E-state index in [2.05, 4.69) is 42.0 Å². The van der Waals surface area contributed by atoms with Gasteiger partial charge >= 0.3 is 0 Å². The van der Waals surface area contributed by atoms with Crippen molar-refractivity contribution in [2.75, 3.05) is 11.9 Å².